The van der Waals surface area contributed by atoms with Crippen LogP contribution in [0.3, 0.4) is 0 Å². The predicted molar refractivity (Wildman–Crippen MR) is 191 cm³/mol. The highest BCUT2D eigenvalue weighted by atomic mass is 16.5. The molecule has 3 heterocycles. The summed E-state index contributed by atoms with van der Waals surface area (Å²) in [5.74, 6) is 2.53. The molecule has 4 aromatic rings. The van der Waals surface area contributed by atoms with E-state index in [9.17, 15) is 4.79 Å². The van der Waals surface area contributed by atoms with Crippen LogP contribution >= 0.6 is 0 Å². The maximum Gasteiger partial charge on any atom is 0.330 e. The standard InChI is InChI=1S/C41H46N2O6/c1-25-33-17-16-29-20-36(45-3)39(48-6)23-32(29)41(42(33)2)34-19-30-21-37(46-4)38(47-5)22-31(30)35(43(25)34)24-49-40(44)13-9-10-26-14-15-27-11-7-8-12-28(27)18-26/h7-9,11-15,18,20-23,25,33-35,41H,10,16-17,19,24H2,1-6H3. The fourth-order valence-corrected chi connectivity index (χ4v) is 8.67. The molecule has 4 aromatic carbocycles. The van der Waals surface area contributed by atoms with Gasteiger partial charge in [-0.2, -0.15) is 0 Å². The Balaban J connectivity index is 1.21. The van der Waals surface area contributed by atoms with Gasteiger partial charge >= 0.3 is 5.97 Å². The molecule has 0 radical (unpaired) electrons. The van der Waals surface area contributed by atoms with Crippen molar-refractivity contribution in [1.29, 1.82) is 0 Å². The Morgan fingerprint density at radius 3 is 2.16 bits per heavy atom. The summed E-state index contributed by atoms with van der Waals surface area (Å²) >= 11 is 0. The third kappa shape index (κ3) is 6.02. The van der Waals surface area contributed by atoms with Crippen LogP contribution in [-0.4, -0.2) is 76.0 Å². The third-order valence-corrected chi connectivity index (χ3v) is 11.0. The van der Waals surface area contributed by atoms with E-state index in [4.69, 9.17) is 23.7 Å². The van der Waals surface area contributed by atoms with Crippen molar-refractivity contribution in [3.63, 3.8) is 0 Å². The van der Waals surface area contributed by atoms with Gasteiger partial charge in [-0.15, -0.1) is 0 Å². The van der Waals surface area contributed by atoms with Crippen molar-refractivity contribution in [2.24, 2.45) is 0 Å². The number of carbonyl (C=O) groups excluding carboxylic acids is 1. The van der Waals surface area contributed by atoms with Crippen molar-refractivity contribution < 1.29 is 28.5 Å². The van der Waals surface area contributed by atoms with Crippen LogP contribution in [-0.2, 0) is 28.8 Å². The number of aryl methyl sites for hydroxylation is 1. The van der Waals surface area contributed by atoms with Crippen molar-refractivity contribution in [3.8, 4) is 23.0 Å². The number of hydrogen-bond donors (Lipinski definition) is 0. The molecule has 3 aliphatic heterocycles. The van der Waals surface area contributed by atoms with Crippen molar-refractivity contribution in [2.75, 3.05) is 42.1 Å². The van der Waals surface area contributed by atoms with Gasteiger partial charge < -0.3 is 23.7 Å². The second-order valence-electron chi connectivity index (χ2n) is 13.4. The van der Waals surface area contributed by atoms with Crippen molar-refractivity contribution >= 4 is 16.7 Å². The first-order valence-electron chi connectivity index (χ1n) is 17.1. The third-order valence-electron chi connectivity index (χ3n) is 11.0. The SMILES string of the molecule is COc1cc2c(cc1OC)C1C3Cc4cc(OC)c(OC)cc4C(COC(=O)C=CCc4ccc5ccccc5c4)N3C(C)C(CC2)N1C. The van der Waals surface area contributed by atoms with Crippen molar-refractivity contribution in [3.05, 3.63) is 107 Å². The molecular formula is C41H46N2O6. The van der Waals surface area contributed by atoms with Crippen LogP contribution in [0.4, 0.5) is 0 Å². The van der Waals surface area contributed by atoms with E-state index in [-0.39, 0.29) is 36.7 Å². The molecule has 1 fully saturated rings. The Labute approximate surface area is 289 Å². The molecule has 7 rings (SSSR count). The normalized spacial score (nSPS) is 23.3. The summed E-state index contributed by atoms with van der Waals surface area (Å²) in [6, 6.07) is 23.8. The lowest BCUT2D eigenvalue weighted by atomic mass is 9.78. The zero-order chi connectivity index (χ0) is 34.2. The zero-order valence-corrected chi connectivity index (χ0v) is 29.3. The lowest BCUT2D eigenvalue weighted by molar-refractivity contribution is -0.143. The summed E-state index contributed by atoms with van der Waals surface area (Å²) in [5.41, 5.74) is 6.00. The zero-order valence-electron chi connectivity index (χ0n) is 29.3. The van der Waals surface area contributed by atoms with Crippen LogP contribution in [0.25, 0.3) is 10.8 Å². The molecule has 0 aliphatic carbocycles. The minimum atomic E-state index is -0.341. The molecule has 49 heavy (non-hydrogen) atoms. The Morgan fingerprint density at radius 2 is 1.45 bits per heavy atom. The molecule has 0 saturated carbocycles. The number of rotatable bonds is 9. The molecule has 5 unspecified atom stereocenters. The largest absolute Gasteiger partial charge is 0.493 e. The Kier molecular flexibility index (Phi) is 9.27. The first kappa shape index (κ1) is 33.0. The minimum absolute atomic E-state index is 0.0970. The number of methoxy groups -OCH3 is 4. The number of piperazine rings is 1. The smallest absolute Gasteiger partial charge is 0.330 e. The monoisotopic (exact) mass is 662 g/mol. The molecule has 2 bridgehead atoms. The van der Waals surface area contributed by atoms with Gasteiger partial charge in [-0.25, -0.2) is 4.79 Å². The summed E-state index contributed by atoms with van der Waals surface area (Å²) in [6.07, 6.45) is 6.87. The van der Waals surface area contributed by atoms with Crippen LogP contribution in [0.2, 0.25) is 0 Å². The van der Waals surface area contributed by atoms with Gasteiger partial charge in [0.15, 0.2) is 23.0 Å². The number of carbonyl (C=O) groups is 1. The summed E-state index contributed by atoms with van der Waals surface area (Å²) in [5, 5.41) is 2.39. The fourth-order valence-electron chi connectivity index (χ4n) is 8.67. The van der Waals surface area contributed by atoms with Gasteiger partial charge in [-0.3, -0.25) is 9.80 Å². The van der Waals surface area contributed by atoms with E-state index in [1.807, 2.05) is 18.2 Å². The maximum absolute atomic E-state index is 13.3. The van der Waals surface area contributed by atoms with E-state index in [0.29, 0.717) is 24.0 Å². The number of nitrogens with zero attached hydrogens (tertiary/aromatic N) is 2. The summed E-state index contributed by atoms with van der Waals surface area (Å²) in [7, 11) is 8.98. The highest BCUT2D eigenvalue weighted by Crippen LogP contribution is 2.51. The average molecular weight is 663 g/mol. The molecule has 8 nitrogen and oxygen atoms in total. The van der Waals surface area contributed by atoms with Gasteiger partial charge in [0, 0.05) is 24.2 Å². The number of fused-ring (bicyclic) bond motifs is 8. The molecule has 3 aliphatic rings. The molecule has 8 heteroatoms. The number of ether oxygens (including phenoxy) is 5. The topological polar surface area (TPSA) is 69.7 Å². The number of likely N-dealkylation sites (N-methyl/N-ethyl adjacent to an activating group) is 1. The lowest BCUT2D eigenvalue weighted by Crippen LogP contribution is -2.65. The molecule has 0 spiro atoms. The summed E-state index contributed by atoms with van der Waals surface area (Å²) in [6.45, 7) is 2.55. The molecule has 256 valence electrons. The van der Waals surface area contributed by atoms with Crippen molar-refractivity contribution in [1.82, 2.24) is 9.80 Å². The van der Waals surface area contributed by atoms with E-state index in [2.05, 4.69) is 78.4 Å². The van der Waals surface area contributed by atoms with E-state index >= 15 is 0 Å². The molecule has 0 N–H and O–H groups in total. The molecule has 1 saturated heterocycles. The van der Waals surface area contributed by atoms with Crippen LogP contribution < -0.4 is 18.9 Å². The first-order chi connectivity index (χ1) is 23.8. The molecule has 0 aromatic heterocycles. The fraction of sp³-hybridized carbons (Fsp3) is 0.390. The average Bonchev–Trinajstić information content (AvgIpc) is 3.23. The Morgan fingerprint density at radius 1 is 0.796 bits per heavy atom. The quantitative estimate of drug-likeness (QED) is 0.142. The lowest BCUT2D eigenvalue weighted by Gasteiger charge is -2.58. The van der Waals surface area contributed by atoms with Gasteiger partial charge in [0.25, 0.3) is 0 Å². The molecule has 0 amide bonds. The summed E-state index contributed by atoms with van der Waals surface area (Å²) < 4.78 is 29.1. The number of benzene rings is 4. The highest BCUT2D eigenvalue weighted by molar-refractivity contribution is 5.83. The second kappa shape index (κ2) is 13.8. The molecular weight excluding hydrogens is 616 g/mol. The van der Waals surface area contributed by atoms with E-state index < -0.39 is 0 Å². The van der Waals surface area contributed by atoms with Gasteiger partial charge in [0.1, 0.15) is 6.61 Å². The number of allylic oxidation sites excluding steroid dienone is 1. The first-order valence-corrected chi connectivity index (χ1v) is 17.1. The van der Waals surface area contributed by atoms with E-state index in [1.165, 1.54) is 27.5 Å². The van der Waals surface area contributed by atoms with Crippen LogP contribution in [0.15, 0.2) is 78.9 Å². The maximum atomic E-state index is 13.3. The van der Waals surface area contributed by atoms with E-state index in [1.54, 1.807) is 34.5 Å². The van der Waals surface area contributed by atoms with Gasteiger partial charge in [-0.05, 0) is 103 Å². The van der Waals surface area contributed by atoms with Crippen molar-refractivity contribution in [2.45, 2.75) is 62.8 Å². The van der Waals surface area contributed by atoms with Gasteiger partial charge in [0.2, 0.25) is 0 Å². The number of hydrogen-bond acceptors (Lipinski definition) is 8. The van der Waals surface area contributed by atoms with Gasteiger partial charge in [0.05, 0.1) is 40.5 Å². The highest BCUT2D eigenvalue weighted by Gasteiger charge is 2.52. The van der Waals surface area contributed by atoms with Crippen LogP contribution in [0, 0.1) is 0 Å². The van der Waals surface area contributed by atoms with E-state index in [0.717, 1.165) is 41.9 Å². The number of esters is 1. The molecule has 5 atom stereocenters. The van der Waals surface area contributed by atoms with Gasteiger partial charge in [-0.1, -0.05) is 48.5 Å². The van der Waals surface area contributed by atoms with Crippen LogP contribution in [0.1, 0.15) is 53.2 Å². The second-order valence-corrected chi connectivity index (χ2v) is 13.4. The summed E-state index contributed by atoms with van der Waals surface area (Å²) in [4.78, 5) is 18.4. The Hall–Kier alpha value is -4.53. The minimum Gasteiger partial charge on any atom is -0.493 e. The Bertz CT molecular complexity index is 1890. The van der Waals surface area contributed by atoms with Crippen LogP contribution in [0.5, 0.6) is 23.0 Å². The predicted octanol–water partition coefficient (Wildman–Crippen LogP) is 6.87.